The number of carbonyl (C=O) groups excluding carboxylic acids is 1. The number of nitrogens with zero attached hydrogens (tertiary/aromatic N) is 2. The number of hydrogen-bond donors (Lipinski definition) is 2. The maximum Gasteiger partial charge on any atom is 0.441 e. The van der Waals surface area contributed by atoms with E-state index in [1.807, 2.05) is 6.92 Å². The highest BCUT2D eigenvalue weighted by Gasteiger charge is 2.27. The summed E-state index contributed by atoms with van der Waals surface area (Å²) in [4.78, 5) is 19.4. The molecule has 0 saturated heterocycles. The van der Waals surface area contributed by atoms with Gasteiger partial charge < -0.3 is 10.6 Å². The average Bonchev–Trinajstić information content (AvgIpc) is 2.34. The molecule has 5 nitrogen and oxygen atoms in total. The molecule has 0 spiro atoms. The third kappa shape index (κ3) is 6.27. The van der Waals surface area contributed by atoms with E-state index in [1.54, 1.807) is 0 Å². The van der Waals surface area contributed by atoms with E-state index in [9.17, 15) is 18.0 Å². The van der Waals surface area contributed by atoms with Gasteiger partial charge in [-0.25, -0.2) is 4.98 Å². The van der Waals surface area contributed by atoms with Crippen LogP contribution in [0.4, 0.5) is 19.0 Å². The first-order valence-corrected chi connectivity index (χ1v) is 6.45. The fraction of sp³-hybridized carbons (Fsp3) is 0.500. The number of halogens is 3. The zero-order valence-electron chi connectivity index (χ0n) is 10.1. The Labute approximate surface area is 112 Å². The van der Waals surface area contributed by atoms with Crippen molar-refractivity contribution >= 4 is 23.5 Å². The first-order chi connectivity index (χ1) is 8.92. The van der Waals surface area contributed by atoms with Gasteiger partial charge in [0, 0.05) is 18.8 Å². The Hall–Kier alpha value is -1.51. The second-order valence-corrected chi connectivity index (χ2v) is 4.53. The first kappa shape index (κ1) is 15.5. The molecule has 1 aromatic rings. The molecule has 0 aromatic carbocycles. The maximum atomic E-state index is 11.9. The molecule has 1 heterocycles. The SMILES string of the molecule is CCNc1cncc(C(=O)NCCSC(F)(F)F)n1. The van der Waals surface area contributed by atoms with Gasteiger partial charge in [0.05, 0.1) is 12.4 Å². The number of nitrogens with one attached hydrogen (secondary N) is 2. The van der Waals surface area contributed by atoms with Crippen molar-refractivity contribution in [3.63, 3.8) is 0 Å². The largest absolute Gasteiger partial charge is 0.441 e. The van der Waals surface area contributed by atoms with Gasteiger partial charge in [0.15, 0.2) is 0 Å². The lowest BCUT2D eigenvalue weighted by Crippen LogP contribution is -2.27. The van der Waals surface area contributed by atoms with E-state index in [1.165, 1.54) is 12.4 Å². The van der Waals surface area contributed by atoms with Crippen molar-refractivity contribution < 1.29 is 18.0 Å². The molecule has 19 heavy (non-hydrogen) atoms. The standard InChI is InChI=1S/C10H13F3N4OS/c1-2-15-8-6-14-5-7(17-8)9(18)16-3-4-19-10(11,12)13/h5-6H,2-4H2,1H3,(H,15,17)(H,16,18). The maximum absolute atomic E-state index is 11.9. The highest BCUT2D eigenvalue weighted by molar-refractivity contribution is 8.00. The quantitative estimate of drug-likeness (QED) is 0.784. The Morgan fingerprint density at radius 3 is 2.79 bits per heavy atom. The normalized spacial score (nSPS) is 11.2. The van der Waals surface area contributed by atoms with Crippen LogP contribution in [0.1, 0.15) is 17.4 Å². The van der Waals surface area contributed by atoms with Crippen molar-refractivity contribution in [1.29, 1.82) is 0 Å². The zero-order chi connectivity index (χ0) is 14.3. The predicted octanol–water partition coefficient (Wildman–Crippen LogP) is 1.89. The third-order valence-electron chi connectivity index (χ3n) is 1.88. The minimum atomic E-state index is -4.28. The number of hydrogen-bond acceptors (Lipinski definition) is 5. The van der Waals surface area contributed by atoms with Crippen LogP contribution in [0.3, 0.4) is 0 Å². The Morgan fingerprint density at radius 1 is 1.42 bits per heavy atom. The van der Waals surface area contributed by atoms with E-state index < -0.39 is 11.4 Å². The molecule has 0 aliphatic heterocycles. The fourth-order valence-corrected chi connectivity index (χ4v) is 1.60. The van der Waals surface area contributed by atoms with Gasteiger partial charge in [-0.15, -0.1) is 0 Å². The van der Waals surface area contributed by atoms with Crippen LogP contribution in [-0.4, -0.2) is 40.2 Å². The van der Waals surface area contributed by atoms with Crippen LogP contribution in [0.25, 0.3) is 0 Å². The lowest BCUT2D eigenvalue weighted by molar-refractivity contribution is -0.0327. The van der Waals surface area contributed by atoms with Crippen molar-refractivity contribution in [1.82, 2.24) is 15.3 Å². The highest BCUT2D eigenvalue weighted by Crippen LogP contribution is 2.29. The molecule has 0 aliphatic carbocycles. The number of amides is 1. The van der Waals surface area contributed by atoms with Gasteiger partial charge in [0.25, 0.3) is 5.91 Å². The molecule has 106 valence electrons. The molecular weight excluding hydrogens is 281 g/mol. The van der Waals surface area contributed by atoms with E-state index >= 15 is 0 Å². The number of aromatic nitrogens is 2. The summed E-state index contributed by atoms with van der Waals surface area (Å²) in [5.41, 5.74) is -4.22. The van der Waals surface area contributed by atoms with E-state index in [2.05, 4.69) is 20.6 Å². The molecule has 1 rings (SSSR count). The van der Waals surface area contributed by atoms with Crippen molar-refractivity contribution in [3.8, 4) is 0 Å². The van der Waals surface area contributed by atoms with Gasteiger partial charge >= 0.3 is 5.51 Å². The first-order valence-electron chi connectivity index (χ1n) is 5.47. The summed E-state index contributed by atoms with van der Waals surface area (Å²) in [6.07, 6.45) is 2.72. The highest BCUT2D eigenvalue weighted by atomic mass is 32.2. The number of alkyl halides is 3. The van der Waals surface area contributed by atoms with Gasteiger partial charge in [-0.2, -0.15) is 13.2 Å². The molecule has 1 aromatic heterocycles. The zero-order valence-corrected chi connectivity index (χ0v) is 10.9. The van der Waals surface area contributed by atoms with Crippen molar-refractivity contribution in [2.45, 2.75) is 12.4 Å². The second kappa shape index (κ2) is 7.17. The van der Waals surface area contributed by atoms with Gasteiger partial charge in [-0.1, -0.05) is 0 Å². The van der Waals surface area contributed by atoms with Crippen LogP contribution in [0.2, 0.25) is 0 Å². The van der Waals surface area contributed by atoms with Crippen molar-refractivity contribution in [2.24, 2.45) is 0 Å². The summed E-state index contributed by atoms with van der Waals surface area (Å²) in [5, 5.41) is 5.23. The average molecular weight is 294 g/mol. The second-order valence-electron chi connectivity index (χ2n) is 3.37. The van der Waals surface area contributed by atoms with E-state index in [0.717, 1.165) is 0 Å². The van der Waals surface area contributed by atoms with Crippen LogP contribution in [-0.2, 0) is 0 Å². The summed E-state index contributed by atoms with van der Waals surface area (Å²) in [6.45, 7) is 2.40. The van der Waals surface area contributed by atoms with E-state index in [4.69, 9.17) is 0 Å². The Balaban J connectivity index is 2.43. The van der Waals surface area contributed by atoms with Gasteiger partial charge in [0.1, 0.15) is 11.5 Å². The van der Waals surface area contributed by atoms with E-state index in [-0.39, 0.29) is 29.8 Å². The van der Waals surface area contributed by atoms with Gasteiger partial charge in [-0.3, -0.25) is 9.78 Å². The fourth-order valence-electron chi connectivity index (χ4n) is 1.16. The van der Waals surface area contributed by atoms with Crippen LogP contribution in [0, 0.1) is 0 Å². The molecule has 9 heteroatoms. The minimum Gasteiger partial charge on any atom is -0.369 e. The molecule has 0 atom stereocenters. The van der Waals surface area contributed by atoms with Gasteiger partial charge in [0.2, 0.25) is 0 Å². The Bertz CT molecular complexity index is 427. The molecule has 2 N–H and O–H groups in total. The number of rotatable bonds is 6. The number of anilines is 1. The smallest absolute Gasteiger partial charge is 0.369 e. The number of thioether (sulfide) groups is 1. The van der Waals surface area contributed by atoms with Crippen LogP contribution in [0.5, 0.6) is 0 Å². The molecule has 0 fully saturated rings. The molecular formula is C10H13F3N4OS. The molecule has 0 saturated carbocycles. The number of carbonyl (C=O) groups is 1. The van der Waals surface area contributed by atoms with Crippen LogP contribution >= 0.6 is 11.8 Å². The molecule has 0 bridgehead atoms. The lowest BCUT2D eigenvalue weighted by atomic mass is 10.4. The molecule has 0 radical (unpaired) electrons. The van der Waals surface area contributed by atoms with Gasteiger partial charge in [-0.05, 0) is 18.7 Å². The summed E-state index contributed by atoms with van der Waals surface area (Å²) < 4.78 is 35.6. The van der Waals surface area contributed by atoms with E-state index in [0.29, 0.717) is 12.4 Å². The van der Waals surface area contributed by atoms with Crippen LogP contribution < -0.4 is 10.6 Å². The summed E-state index contributed by atoms with van der Waals surface area (Å²) >= 11 is -0.181. The van der Waals surface area contributed by atoms with Crippen molar-refractivity contribution in [2.75, 3.05) is 24.2 Å². The lowest BCUT2D eigenvalue weighted by Gasteiger charge is -2.07. The summed E-state index contributed by atoms with van der Waals surface area (Å²) in [7, 11) is 0. The topological polar surface area (TPSA) is 66.9 Å². The Morgan fingerprint density at radius 2 is 2.16 bits per heavy atom. The van der Waals surface area contributed by atoms with Crippen LogP contribution in [0.15, 0.2) is 12.4 Å². The molecule has 0 unspecified atom stereocenters. The Kier molecular flexibility index (Phi) is 5.87. The molecule has 0 aliphatic rings. The third-order valence-corrected chi connectivity index (χ3v) is 2.61. The minimum absolute atomic E-state index is 0.0652. The predicted molar refractivity (Wildman–Crippen MR) is 67.0 cm³/mol. The molecule has 1 amide bonds. The summed E-state index contributed by atoms with van der Waals surface area (Å²) in [6, 6.07) is 0. The summed E-state index contributed by atoms with van der Waals surface area (Å²) in [5.74, 6) is -0.343. The monoisotopic (exact) mass is 294 g/mol. The van der Waals surface area contributed by atoms with Crippen molar-refractivity contribution in [3.05, 3.63) is 18.1 Å².